The Kier molecular flexibility index (Phi) is 8.02. The molecule has 60 heavy (non-hydrogen) atoms. The average Bonchev–Trinajstić information content (AvgIpc) is 3.67. The highest BCUT2D eigenvalue weighted by molar-refractivity contribution is 6.10. The molecule has 0 saturated carbocycles. The molecule has 1 atom stereocenters. The van der Waals surface area contributed by atoms with Crippen LogP contribution in [0.2, 0.25) is 0 Å². The predicted octanol–water partition coefficient (Wildman–Crippen LogP) is 15.9. The Morgan fingerprint density at radius 2 is 1.02 bits per heavy atom. The van der Waals surface area contributed by atoms with Crippen molar-refractivity contribution in [2.45, 2.75) is 12.3 Å². The smallest absolute Gasteiger partial charge is 0.0616 e. The Bertz CT molecular complexity index is 3460. The second-order valence-electron chi connectivity index (χ2n) is 16.0. The Morgan fingerprint density at radius 1 is 0.417 bits per heavy atom. The fraction of sp³-hybridized carbons (Fsp3) is 0.0345. The molecule has 0 bridgehead atoms. The topological polar surface area (TPSA) is 8.17 Å². The molecule has 11 aromatic rings. The van der Waals surface area contributed by atoms with E-state index in [0.29, 0.717) is 0 Å². The van der Waals surface area contributed by atoms with Crippen molar-refractivity contribution in [3.63, 3.8) is 0 Å². The van der Waals surface area contributed by atoms with E-state index in [0.717, 1.165) is 23.5 Å². The molecule has 0 saturated heterocycles. The maximum atomic E-state index is 2.49. The number of allylic oxidation sites excluding steroid dienone is 1. The van der Waals surface area contributed by atoms with Crippen LogP contribution in [0.4, 0.5) is 17.1 Å². The van der Waals surface area contributed by atoms with Crippen LogP contribution in [-0.4, -0.2) is 4.57 Å². The summed E-state index contributed by atoms with van der Waals surface area (Å²) in [6, 6.07) is 78.1. The van der Waals surface area contributed by atoms with Crippen LogP contribution in [0.5, 0.6) is 0 Å². The average molecular weight is 765 g/mol. The molecule has 2 nitrogen and oxygen atoms in total. The molecule has 1 aromatic heterocycles. The van der Waals surface area contributed by atoms with Crippen molar-refractivity contribution in [3.8, 4) is 16.8 Å². The maximum absolute atomic E-state index is 2.49. The summed E-state index contributed by atoms with van der Waals surface area (Å²) in [5.41, 5.74) is 12.3. The monoisotopic (exact) mass is 764 g/mol. The largest absolute Gasteiger partial charge is 0.310 e. The summed E-state index contributed by atoms with van der Waals surface area (Å²) in [7, 11) is 0. The molecular weight excluding hydrogens is 725 g/mol. The van der Waals surface area contributed by atoms with Crippen LogP contribution in [0, 0.1) is 0 Å². The lowest BCUT2D eigenvalue weighted by molar-refractivity contribution is 0.819. The van der Waals surface area contributed by atoms with E-state index in [1.165, 1.54) is 87.6 Å². The lowest BCUT2D eigenvalue weighted by Crippen LogP contribution is -2.12. The number of anilines is 3. The van der Waals surface area contributed by atoms with Crippen LogP contribution < -0.4 is 4.90 Å². The zero-order chi connectivity index (χ0) is 39.6. The summed E-state index contributed by atoms with van der Waals surface area (Å²) in [6.07, 6.45) is 5.65. The van der Waals surface area contributed by atoms with Crippen molar-refractivity contribution < 1.29 is 0 Å². The molecule has 1 aliphatic rings. The molecule has 0 amide bonds. The number of hydrogen-bond donors (Lipinski definition) is 0. The van der Waals surface area contributed by atoms with Gasteiger partial charge in [0.05, 0.1) is 11.2 Å². The fourth-order valence-electron chi connectivity index (χ4n) is 9.94. The number of aromatic nitrogens is 1. The molecule has 0 aliphatic heterocycles. The van der Waals surface area contributed by atoms with Crippen LogP contribution in [-0.2, 0) is 0 Å². The van der Waals surface area contributed by atoms with Gasteiger partial charge in [0.2, 0.25) is 0 Å². The van der Waals surface area contributed by atoms with Crippen molar-refractivity contribution in [2.75, 3.05) is 4.90 Å². The zero-order valence-electron chi connectivity index (χ0n) is 33.0. The number of rotatable bonds is 6. The molecule has 1 aliphatic carbocycles. The molecule has 12 rings (SSSR count). The summed E-state index contributed by atoms with van der Waals surface area (Å²) >= 11 is 0. The molecule has 0 spiro atoms. The van der Waals surface area contributed by atoms with Crippen molar-refractivity contribution in [1.29, 1.82) is 0 Å². The summed E-state index contributed by atoms with van der Waals surface area (Å²) in [4.78, 5) is 2.44. The quantitative estimate of drug-likeness (QED) is 0.153. The number of benzene rings is 10. The van der Waals surface area contributed by atoms with Gasteiger partial charge in [-0.15, -0.1) is 0 Å². The van der Waals surface area contributed by atoms with Gasteiger partial charge in [-0.05, 0) is 121 Å². The predicted molar refractivity (Wildman–Crippen MR) is 255 cm³/mol. The molecule has 0 fully saturated rings. The maximum Gasteiger partial charge on any atom is 0.0616 e. The Balaban J connectivity index is 1.03. The summed E-state index contributed by atoms with van der Waals surface area (Å²) in [5, 5.41) is 11.4. The van der Waals surface area contributed by atoms with Crippen LogP contribution in [0.1, 0.15) is 29.2 Å². The molecule has 0 radical (unpaired) electrons. The van der Waals surface area contributed by atoms with E-state index in [-0.39, 0.29) is 5.92 Å². The van der Waals surface area contributed by atoms with Crippen molar-refractivity contribution in [3.05, 3.63) is 235 Å². The van der Waals surface area contributed by atoms with Gasteiger partial charge < -0.3 is 9.47 Å². The first kappa shape index (κ1) is 34.4. The number of para-hydroxylation sites is 1. The van der Waals surface area contributed by atoms with E-state index < -0.39 is 0 Å². The Labute approximate surface area is 349 Å². The van der Waals surface area contributed by atoms with Gasteiger partial charge in [-0.2, -0.15) is 0 Å². The number of nitrogens with zero attached hydrogens (tertiary/aromatic N) is 2. The van der Waals surface area contributed by atoms with E-state index >= 15 is 0 Å². The van der Waals surface area contributed by atoms with Gasteiger partial charge in [0, 0.05) is 39.4 Å². The number of fused-ring (bicyclic) bond motifs is 9. The highest BCUT2D eigenvalue weighted by Crippen LogP contribution is 2.46. The van der Waals surface area contributed by atoms with Gasteiger partial charge >= 0.3 is 0 Å². The van der Waals surface area contributed by atoms with Crippen LogP contribution in [0.25, 0.3) is 76.9 Å². The van der Waals surface area contributed by atoms with Crippen molar-refractivity contribution >= 4 is 77.1 Å². The van der Waals surface area contributed by atoms with Gasteiger partial charge in [-0.25, -0.2) is 0 Å². The van der Waals surface area contributed by atoms with Gasteiger partial charge in [0.15, 0.2) is 0 Å². The highest BCUT2D eigenvalue weighted by atomic mass is 15.1. The van der Waals surface area contributed by atoms with Gasteiger partial charge in [0.1, 0.15) is 0 Å². The third-order valence-electron chi connectivity index (χ3n) is 12.7. The summed E-state index contributed by atoms with van der Waals surface area (Å²) in [5.74, 6) is 0.178. The SMILES string of the molecule is C1=Cc2c(c3ccc4ccccc4c3n2-c2ccccc2)C(c2cccc(N(c3ccc(-c4cccc5ccccc45)cc3)c3ccc4c(ccc5ccccc54)c3)c2)C1. The lowest BCUT2D eigenvalue weighted by Gasteiger charge is -2.28. The molecule has 282 valence electrons. The molecule has 0 N–H and O–H groups in total. The normalized spacial score (nSPS) is 13.7. The standard InChI is InChI=1S/C58H40N2/c1-2-18-45(19-3-1)60-56-26-12-25-53(57(56)55-35-31-41-15-6-9-23-54(41)58(55)60)43-17-10-20-47(37-43)59(48-34-36-52-44(38-48)28-27-40-14-5-8-22-50(40)52)46-32-29-42(30-33-46)51-24-11-16-39-13-4-7-21-49(39)51/h1-24,26-38,53H,25H2. The van der Waals surface area contributed by atoms with Crippen LogP contribution in [0.15, 0.2) is 218 Å². The summed E-state index contributed by atoms with van der Waals surface area (Å²) in [6.45, 7) is 0. The first-order chi connectivity index (χ1) is 29.8. The zero-order valence-corrected chi connectivity index (χ0v) is 33.0. The second kappa shape index (κ2) is 14.0. The molecule has 2 heteroatoms. The van der Waals surface area contributed by atoms with Gasteiger partial charge in [-0.1, -0.05) is 170 Å². The molecule has 1 heterocycles. The third kappa shape index (κ3) is 5.56. The second-order valence-corrected chi connectivity index (χ2v) is 16.0. The van der Waals surface area contributed by atoms with E-state index in [4.69, 9.17) is 0 Å². The lowest BCUT2D eigenvalue weighted by atomic mass is 9.83. The molecule has 1 unspecified atom stereocenters. The Hall–Kier alpha value is -7.68. The van der Waals surface area contributed by atoms with Crippen LogP contribution >= 0.6 is 0 Å². The minimum atomic E-state index is 0.178. The summed E-state index contributed by atoms with van der Waals surface area (Å²) < 4.78 is 2.49. The highest BCUT2D eigenvalue weighted by Gasteiger charge is 2.28. The van der Waals surface area contributed by atoms with Crippen molar-refractivity contribution in [1.82, 2.24) is 4.57 Å². The van der Waals surface area contributed by atoms with E-state index in [2.05, 4.69) is 234 Å². The number of hydrogen-bond acceptors (Lipinski definition) is 1. The van der Waals surface area contributed by atoms with E-state index in [1.807, 2.05) is 0 Å². The first-order valence-corrected chi connectivity index (χ1v) is 20.9. The van der Waals surface area contributed by atoms with Crippen LogP contribution in [0.3, 0.4) is 0 Å². The Morgan fingerprint density at radius 3 is 1.85 bits per heavy atom. The molecular formula is C58H40N2. The van der Waals surface area contributed by atoms with Crippen molar-refractivity contribution in [2.24, 2.45) is 0 Å². The minimum Gasteiger partial charge on any atom is -0.310 e. The van der Waals surface area contributed by atoms with E-state index in [1.54, 1.807) is 0 Å². The van der Waals surface area contributed by atoms with Gasteiger partial charge in [0.25, 0.3) is 0 Å². The fourth-order valence-corrected chi connectivity index (χ4v) is 9.94. The molecule has 10 aromatic carbocycles. The minimum absolute atomic E-state index is 0.178. The van der Waals surface area contributed by atoms with E-state index in [9.17, 15) is 0 Å². The third-order valence-corrected chi connectivity index (χ3v) is 12.7. The first-order valence-electron chi connectivity index (χ1n) is 20.9. The van der Waals surface area contributed by atoms with Gasteiger partial charge in [-0.3, -0.25) is 0 Å².